The van der Waals surface area contributed by atoms with E-state index in [9.17, 15) is 19.8 Å². The molecule has 22 heavy (non-hydrogen) atoms. The lowest BCUT2D eigenvalue weighted by Gasteiger charge is -2.33. The van der Waals surface area contributed by atoms with E-state index >= 15 is 0 Å². The molecule has 0 aliphatic heterocycles. The van der Waals surface area contributed by atoms with Crippen molar-refractivity contribution in [1.29, 1.82) is 0 Å². The molecule has 128 valence electrons. The van der Waals surface area contributed by atoms with Crippen LogP contribution in [0.15, 0.2) is 11.1 Å². The molecule has 0 aromatic rings. The molecule has 0 bridgehead atoms. The number of carbonyl (C=O) groups excluding carboxylic acids is 1. The number of nitrogens with zero attached hydrogens (tertiary/aromatic N) is 1. The van der Waals surface area contributed by atoms with Crippen molar-refractivity contribution in [3.8, 4) is 0 Å². The van der Waals surface area contributed by atoms with Crippen molar-refractivity contribution < 1.29 is 29.6 Å². The number of aliphatic hydroxyl groups is 2. The first-order valence-corrected chi connectivity index (χ1v) is 7.21. The van der Waals surface area contributed by atoms with Crippen molar-refractivity contribution in [2.24, 2.45) is 5.41 Å². The van der Waals surface area contributed by atoms with Crippen molar-refractivity contribution in [2.45, 2.75) is 27.2 Å². The molecule has 0 radical (unpaired) electrons. The van der Waals surface area contributed by atoms with Gasteiger partial charge in [-0.3, -0.25) is 0 Å². The van der Waals surface area contributed by atoms with Crippen LogP contribution >= 0.6 is 0 Å². The minimum Gasteiger partial charge on any atom is -0.478 e. The van der Waals surface area contributed by atoms with E-state index in [2.05, 4.69) is 0 Å². The zero-order chi connectivity index (χ0) is 17.3. The Hall–Kier alpha value is -1.44. The monoisotopic (exact) mass is 317 g/mol. The molecular weight excluding hydrogens is 290 g/mol. The Balaban J connectivity index is 4.39. The summed E-state index contributed by atoms with van der Waals surface area (Å²) in [6.07, 6.45) is 0.629. The third kappa shape index (κ3) is 6.13. The van der Waals surface area contributed by atoms with Gasteiger partial charge in [0.25, 0.3) is 0 Å². The van der Waals surface area contributed by atoms with Gasteiger partial charge in [0.2, 0.25) is 0 Å². The zero-order valence-electron chi connectivity index (χ0n) is 13.8. The van der Waals surface area contributed by atoms with Crippen molar-refractivity contribution in [2.75, 3.05) is 40.0 Å². The quantitative estimate of drug-likeness (QED) is 0.392. The van der Waals surface area contributed by atoms with Crippen LogP contribution in [0.5, 0.6) is 0 Å². The molecule has 0 amide bonds. The van der Waals surface area contributed by atoms with E-state index < -0.39 is 17.4 Å². The van der Waals surface area contributed by atoms with E-state index in [1.165, 1.54) is 13.8 Å². The fourth-order valence-corrected chi connectivity index (χ4v) is 1.85. The molecule has 0 rings (SSSR count). The van der Waals surface area contributed by atoms with Gasteiger partial charge < -0.3 is 25.0 Å². The first-order chi connectivity index (χ1) is 10.2. The van der Waals surface area contributed by atoms with E-state index in [1.54, 1.807) is 7.05 Å². The fraction of sp³-hybridized carbons (Fsp3) is 0.733. The summed E-state index contributed by atoms with van der Waals surface area (Å²) in [6.45, 7) is 5.41. The summed E-state index contributed by atoms with van der Waals surface area (Å²) >= 11 is 0. The number of hydrogen-bond acceptors (Lipinski definition) is 6. The maximum absolute atomic E-state index is 11.7. The third-order valence-corrected chi connectivity index (χ3v) is 3.92. The number of rotatable bonds is 10. The third-order valence-electron chi connectivity index (χ3n) is 3.92. The van der Waals surface area contributed by atoms with Gasteiger partial charge in [0.1, 0.15) is 6.61 Å². The molecular formula is C15H27NO6. The molecule has 0 unspecified atom stereocenters. The average Bonchev–Trinajstić information content (AvgIpc) is 2.50. The summed E-state index contributed by atoms with van der Waals surface area (Å²) in [5, 5.41) is 27.6. The first kappa shape index (κ1) is 20.6. The second-order valence-electron chi connectivity index (χ2n) is 5.60. The minimum atomic E-state index is -1.15. The van der Waals surface area contributed by atoms with Gasteiger partial charge in [-0.15, -0.1) is 0 Å². The van der Waals surface area contributed by atoms with Crippen LogP contribution in [0.3, 0.4) is 0 Å². The van der Waals surface area contributed by atoms with E-state index in [-0.39, 0.29) is 31.0 Å². The second-order valence-corrected chi connectivity index (χ2v) is 5.60. The van der Waals surface area contributed by atoms with Crippen LogP contribution in [-0.4, -0.2) is 72.1 Å². The smallest absolute Gasteiger partial charge is 0.334 e. The topological polar surface area (TPSA) is 107 Å². The van der Waals surface area contributed by atoms with Crippen molar-refractivity contribution in [3.05, 3.63) is 11.1 Å². The van der Waals surface area contributed by atoms with E-state index in [1.807, 2.05) is 11.8 Å². The van der Waals surface area contributed by atoms with Crippen LogP contribution in [-0.2, 0) is 14.3 Å². The molecule has 7 heteroatoms. The molecule has 7 nitrogen and oxygen atoms in total. The predicted octanol–water partition coefficient (Wildman–Crippen LogP) is 0.263. The van der Waals surface area contributed by atoms with Gasteiger partial charge in [0.05, 0.1) is 13.2 Å². The summed E-state index contributed by atoms with van der Waals surface area (Å²) in [5.74, 6) is -1.80. The Kier molecular flexibility index (Phi) is 8.93. The molecule has 0 aromatic carbocycles. The van der Waals surface area contributed by atoms with Gasteiger partial charge in [-0.05, 0) is 27.3 Å². The summed E-state index contributed by atoms with van der Waals surface area (Å²) in [6, 6.07) is 0. The molecule has 0 aliphatic carbocycles. The molecule has 0 saturated carbocycles. The predicted molar refractivity (Wildman–Crippen MR) is 81.4 cm³/mol. The van der Waals surface area contributed by atoms with E-state index in [0.717, 1.165) is 0 Å². The number of carboxylic acid groups (broad SMARTS) is 1. The van der Waals surface area contributed by atoms with Crippen LogP contribution < -0.4 is 0 Å². The van der Waals surface area contributed by atoms with Crippen molar-refractivity contribution in [1.82, 2.24) is 4.90 Å². The highest BCUT2D eigenvalue weighted by Crippen LogP contribution is 2.21. The Bertz CT molecular complexity index is 406. The van der Waals surface area contributed by atoms with Gasteiger partial charge in [-0.1, -0.05) is 6.92 Å². The highest BCUT2D eigenvalue weighted by atomic mass is 16.5. The fourth-order valence-electron chi connectivity index (χ4n) is 1.85. The molecule has 0 fully saturated rings. The molecule has 0 aromatic heterocycles. The van der Waals surface area contributed by atoms with E-state index in [4.69, 9.17) is 9.84 Å². The van der Waals surface area contributed by atoms with Gasteiger partial charge in [-0.25, -0.2) is 9.59 Å². The van der Waals surface area contributed by atoms with Crippen LogP contribution in [0.25, 0.3) is 0 Å². The normalized spacial score (nSPS) is 13.0. The van der Waals surface area contributed by atoms with Crippen LogP contribution in [0, 0.1) is 5.41 Å². The molecule has 0 aliphatic rings. The summed E-state index contributed by atoms with van der Waals surface area (Å²) in [5.41, 5.74) is -0.540. The standard InChI is InChI=1S/C15H27NO6/c1-5-15(9-17,10-18)8-16(4)6-7-22-14(21)12(3)11(2)13(19)20/h17-18H,5-10H2,1-4H3,(H,19,20)/b12-11-. The number of aliphatic hydroxyl groups excluding tert-OH is 2. The lowest BCUT2D eigenvalue weighted by molar-refractivity contribution is -0.140. The SMILES string of the molecule is CCC(CO)(CO)CN(C)CCOC(=O)/C(C)=C(/C)C(=O)O. The number of likely N-dealkylation sites (N-methyl/N-ethyl adjacent to an activating group) is 1. The molecule has 0 atom stereocenters. The van der Waals surface area contributed by atoms with Crippen molar-refractivity contribution >= 4 is 11.9 Å². The minimum absolute atomic E-state index is 0.0380. The summed E-state index contributed by atoms with van der Waals surface area (Å²) in [7, 11) is 1.80. The average molecular weight is 317 g/mol. The number of esters is 1. The zero-order valence-corrected chi connectivity index (χ0v) is 13.8. The first-order valence-electron chi connectivity index (χ1n) is 7.21. The number of hydrogen-bond donors (Lipinski definition) is 3. The van der Waals surface area contributed by atoms with Crippen molar-refractivity contribution in [3.63, 3.8) is 0 Å². The maximum Gasteiger partial charge on any atom is 0.334 e. The highest BCUT2D eigenvalue weighted by Gasteiger charge is 2.28. The number of ether oxygens (including phenoxy) is 1. The Labute approximate surface area is 131 Å². The van der Waals surface area contributed by atoms with Gasteiger partial charge >= 0.3 is 11.9 Å². The number of carboxylic acids is 1. The molecule has 0 heterocycles. The Morgan fingerprint density at radius 1 is 1.14 bits per heavy atom. The lowest BCUT2D eigenvalue weighted by Crippen LogP contribution is -2.42. The van der Waals surface area contributed by atoms with Gasteiger partial charge in [0.15, 0.2) is 0 Å². The molecule has 3 N–H and O–H groups in total. The van der Waals surface area contributed by atoms with Gasteiger partial charge in [0, 0.05) is 29.7 Å². The maximum atomic E-state index is 11.7. The highest BCUT2D eigenvalue weighted by molar-refractivity contribution is 5.98. The van der Waals surface area contributed by atoms with Crippen LogP contribution in [0.4, 0.5) is 0 Å². The summed E-state index contributed by atoms with van der Waals surface area (Å²) in [4.78, 5) is 24.3. The Morgan fingerprint density at radius 2 is 1.68 bits per heavy atom. The lowest BCUT2D eigenvalue weighted by atomic mass is 9.86. The number of aliphatic carboxylic acids is 1. The summed E-state index contributed by atoms with van der Waals surface area (Å²) < 4.78 is 5.03. The van der Waals surface area contributed by atoms with Crippen LogP contribution in [0.1, 0.15) is 27.2 Å². The molecule has 0 saturated heterocycles. The largest absolute Gasteiger partial charge is 0.478 e. The van der Waals surface area contributed by atoms with E-state index in [0.29, 0.717) is 19.5 Å². The number of carbonyl (C=O) groups is 2. The van der Waals surface area contributed by atoms with Gasteiger partial charge in [-0.2, -0.15) is 0 Å². The molecule has 0 spiro atoms. The Morgan fingerprint density at radius 3 is 2.09 bits per heavy atom. The second kappa shape index (κ2) is 9.55. The van der Waals surface area contributed by atoms with Crippen LogP contribution in [0.2, 0.25) is 0 Å².